The Kier molecular flexibility index (Phi) is 11.1. The summed E-state index contributed by atoms with van der Waals surface area (Å²) in [6, 6.07) is 15.9. The molecule has 0 spiro atoms. The summed E-state index contributed by atoms with van der Waals surface area (Å²) in [6.45, 7) is 4.20. The highest BCUT2D eigenvalue weighted by atomic mass is 79.9. The molecule has 0 bridgehead atoms. The van der Waals surface area contributed by atoms with E-state index in [-0.39, 0.29) is 18.2 Å². The molecule has 1 N–H and O–H groups in total. The molecule has 32 heavy (non-hydrogen) atoms. The van der Waals surface area contributed by atoms with E-state index in [1.54, 1.807) is 24.3 Å². The van der Waals surface area contributed by atoms with Gasteiger partial charge >= 0.3 is 0 Å². The first kappa shape index (κ1) is 26.7. The van der Waals surface area contributed by atoms with Gasteiger partial charge in [-0.15, -0.1) is 12.4 Å². The summed E-state index contributed by atoms with van der Waals surface area (Å²) in [5.74, 6) is 1.07. The van der Waals surface area contributed by atoms with Gasteiger partial charge < -0.3 is 14.8 Å². The summed E-state index contributed by atoms with van der Waals surface area (Å²) in [5, 5.41) is 4.55. The van der Waals surface area contributed by atoms with Crippen LogP contribution in [0.1, 0.15) is 23.6 Å². The van der Waals surface area contributed by atoms with E-state index in [2.05, 4.69) is 21.2 Å². The average molecular weight is 564 g/mol. The van der Waals surface area contributed by atoms with E-state index in [1.165, 1.54) is 12.1 Å². The number of ether oxygens (including phenoxy) is 2. The van der Waals surface area contributed by atoms with Crippen LogP contribution in [0.3, 0.4) is 0 Å². The normalized spacial score (nSPS) is 10.5. The fourth-order valence-corrected chi connectivity index (χ4v) is 4.10. The molecule has 3 nitrogen and oxygen atoms in total. The standard InChI is InChI=1S/C24H23BrCl2FNO2.ClH/c1-2-30-23-12-17(14-29-10-9-16-3-7-20(28)8-4-16)11-21(25)24(23)31-15-18-5-6-19(26)13-22(18)27;/h3-8,11-13,29H,2,9-10,14-15H2,1H3;1H. The van der Waals surface area contributed by atoms with Crippen LogP contribution >= 0.6 is 51.5 Å². The predicted octanol–water partition coefficient (Wildman–Crippen LogP) is 7.63. The highest BCUT2D eigenvalue weighted by Crippen LogP contribution is 2.38. The minimum Gasteiger partial charge on any atom is -0.490 e. The second kappa shape index (κ2) is 13.3. The molecule has 3 rings (SSSR count). The van der Waals surface area contributed by atoms with Crippen molar-refractivity contribution in [2.45, 2.75) is 26.5 Å². The van der Waals surface area contributed by atoms with E-state index < -0.39 is 0 Å². The van der Waals surface area contributed by atoms with Crippen molar-refractivity contribution in [3.05, 3.63) is 91.6 Å². The van der Waals surface area contributed by atoms with E-state index in [0.717, 1.165) is 34.1 Å². The van der Waals surface area contributed by atoms with Gasteiger partial charge in [0.15, 0.2) is 11.5 Å². The fourth-order valence-electron chi connectivity index (χ4n) is 3.03. The molecule has 0 amide bonds. The molecular formula is C24H24BrCl3FNO2. The summed E-state index contributed by atoms with van der Waals surface area (Å²) in [5.41, 5.74) is 2.99. The van der Waals surface area contributed by atoms with Gasteiger partial charge in [-0.1, -0.05) is 41.4 Å². The van der Waals surface area contributed by atoms with Gasteiger partial charge in [-0.05, 0) is 83.3 Å². The molecular weight excluding hydrogens is 540 g/mol. The van der Waals surface area contributed by atoms with Gasteiger partial charge in [0.05, 0.1) is 11.1 Å². The molecule has 0 heterocycles. The Labute approximate surface area is 212 Å². The molecule has 0 atom stereocenters. The largest absolute Gasteiger partial charge is 0.490 e. The Bertz CT molecular complexity index is 1020. The maximum absolute atomic E-state index is 13.0. The first-order chi connectivity index (χ1) is 15.0. The van der Waals surface area contributed by atoms with Crippen LogP contribution in [0.25, 0.3) is 0 Å². The SMILES string of the molecule is CCOc1cc(CNCCc2ccc(F)cc2)cc(Br)c1OCc1ccc(Cl)cc1Cl.Cl. The van der Waals surface area contributed by atoms with Gasteiger partial charge in [0.2, 0.25) is 0 Å². The molecule has 0 saturated carbocycles. The van der Waals surface area contributed by atoms with Crippen molar-refractivity contribution in [3.8, 4) is 11.5 Å². The van der Waals surface area contributed by atoms with E-state index in [1.807, 2.05) is 25.1 Å². The van der Waals surface area contributed by atoms with Gasteiger partial charge in [-0.2, -0.15) is 0 Å². The van der Waals surface area contributed by atoms with Crippen molar-refractivity contribution >= 4 is 51.5 Å². The third kappa shape index (κ3) is 7.82. The Hall–Kier alpha value is -1.50. The minimum atomic E-state index is -0.217. The smallest absolute Gasteiger partial charge is 0.175 e. The molecule has 3 aromatic rings. The molecule has 0 aliphatic rings. The third-order valence-corrected chi connectivity index (χ3v) is 5.77. The van der Waals surface area contributed by atoms with Crippen molar-refractivity contribution in [1.82, 2.24) is 5.32 Å². The van der Waals surface area contributed by atoms with Gasteiger partial charge in [0.25, 0.3) is 0 Å². The number of benzene rings is 3. The van der Waals surface area contributed by atoms with E-state index in [9.17, 15) is 4.39 Å². The van der Waals surface area contributed by atoms with Gasteiger partial charge in [0.1, 0.15) is 12.4 Å². The molecule has 0 unspecified atom stereocenters. The minimum absolute atomic E-state index is 0. The first-order valence-corrected chi connectivity index (χ1v) is 11.5. The highest BCUT2D eigenvalue weighted by Gasteiger charge is 2.13. The van der Waals surface area contributed by atoms with Crippen LogP contribution in [-0.2, 0) is 19.6 Å². The second-order valence-corrected chi connectivity index (χ2v) is 8.61. The topological polar surface area (TPSA) is 30.5 Å². The Morgan fingerprint density at radius 1 is 0.969 bits per heavy atom. The lowest BCUT2D eigenvalue weighted by molar-refractivity contribution is 0.267. The average Bonchev–Trinajstić information content (AvgIpc) is 2.73. The lowest BCUT2D eigenvalue weighted by Gasteiger charge is -2.16. The Morgan fingerprint density at radius 2 is 1.72 bits per heavy atom. The van der Waals surface area contributed by atoms with E-state index in [0.29, 0.717) is 41.3 Å². The van der Waals surface area contributed by atoms with Gasteiger partial charge in [-0.3, -0.25) is 0 Å². The molecule has 8 heteroatoms. The second-order valence-electron chi connectivity index (χ2n) is 6.92. The molecule has 0 aliphatic carbocycles. The van der Waals surface area contributed by atoms with E-state index >= 15 is 0 Å². The van der Waals surface area contributed by atoms with Crippen LogP contribution < -0.4 is 14.8 Å². The fraction of sp³-hybridized carbons (Fsp3) is 0.250. The van der Waals surface area contributed by atoms with Gasteiger partial charge in [0, 0.05) is 22.2 Å². The zero-order valence-electron chi connectivity index (χ0n) is 17.5. The van der Waals surface area contributed by atoms with Crippen molar-refractivity contribution < 1.29 is 13.9 Å². The Morgan fingerprint density at radius 3 is 2.41 bits per heavy atom. The van der Waals surface area contributed by atoms with Crippen LogP contribution in [-0.4, -0.2) is 13.2 Å². The van der Waals surface area contributed by atoms with Crippen molar-refractivity contribution in [1.29, 1.82) is 0 Å². The van der Waals surface area contributed by atoms with Crippen LogP contribution in [0, 0.1) is 5.82 Å². The van der Waals surface area contributed by atoms with Crippen LogP contribution in [0.5, 0.6) is 11.5 Å². The lowest BCUT2D eigenvalue weighted by atomic mass is 10.1. The highest BCUT2D eigenvalue weighted by molar-refractivity contribution is 9.10. The van der Waals surface area contributed by atoms with E-state index in [4.69, 9.17) is 32.7 Å². The molecule has 0 fully saturated rings. The number of hydrogen-bond acceptors (Lipinski definition) is 3. The predicted molar refractivity (Wildman–Crippen MR) is 135 cm³/mol. The Balaban J connectivity index is 0.00000363. The van der Waals surface area contributed by atoms with Crippen molar-refractivity contribution in [3.63, 3.8) is 0 Å². The maximum atomic E-state index is 13.0. The zero-order chi connectivity index (χ0) is 22.2. The first-order valence-electron chi connectivity index (χ1n) is 9.93. The molecule has 0 saturated heterocycles. The quantitative estimate of drug-likeness (QED) is 0.257. The van der Waals surface area contributed by atoms with Gasteiger partial charge in [-0.25, -0.2) is 4.39 Å². The number of rotatable bonds is 10. The van der Waals surface area contributed by atoms with Crippen molar-refractivity contribution in [2.75, 3.05) is 13.2 Å². The van der Waals surface area contributed by atoms with Crippen LogP contribution in [0.2, 0.25) is 10.0 Å². The molecule has 172 valence electrons. The summed E-state index contributed by atoms with van der Waals surface area (Å²) in [7, 11) is 0. The number of nitrogens with one attached hydrogen (secondary N) is 1. The maximum Gasteiger partial charge on any atom is 0.175 e. The molecule has 0 aromatic heterocycles. The van der Waals surface area contributed by atoms with Crippen LogP contribution in [0.4, 0.5) is 4.39 Å². The zero-order valence-corrected chi connectivity index (χ0v) is 21.4. The summed E-state index contributed by atoms with van der Waals surface area (Å²) in [4.78, 5) is 0. The molecule has 3 aromatic carbocycles. The molecule has 0 aliphatic heterocycles. The number of hydrogen-bond donors (Lipinski definition) is 1. The summed E-state index contributed by atoms with van der Waals surface area (Å²) >= 11 is 15.8. The number of halogens is 5. The lowest BCUT2D eigenvalue weighted by Crippen LogP contribution is -2.17. The van der Waals surface area contributed by atoms with Crippen molar-refractivity contribution in [2.24, 2.45) is 0 Å². The summed E-state index contributed by atoms with van der Waals surface area (Å²) < 4.78 is 25.6. The third-order valence-electron chi connectivity index (χ3n) is 4.59. The monoisotopic (exact) mass is 561 g/mol. The molecule has 0 radical (unpaired) electrons. The van der Waals surface area contributed by atoms with Crippen LogP contribution in [0.15, 0.2) is 59.1 Å². The summed E-state index contributed by atoms with van der Waals surface area (Å²) in [6.07, 6.45) is 0.822.